The standard InChI is InChI=1S/C21H28BrN5O3/c1-6-28-11-16(12-29-7-2)30-21-19-20(23-14(5)24-21)27(26-25-19)18-9-8-15(13(3)4)10-17(18)22/h8-10,13,16H,6-7,11-12H2,1-5H3. The molecule has 8 nitrogen and oxygen atoms in total. The average Bonchev–Trinajstić information content (AvgIpc) is 3.13. The van der Waals surface area contributed by atoms with Gasteiger partial charge in [0.25, 0.3) is 0 Å². The summed E-state index contributed by atoms with van der Waals surface area (Å²) in [4.78, 5) is 9.02. The van der Waals surface area contributed by atoms with Crippen molar-refractivity contribution in [2.24, 2.45) is 0 Å². The fourth-order valence-corrected chi connectivity index (χ4v) is 3.53. The van der Waals surface area contributed by atoms with Crippen LogP contribution in [0.3, 0.4) is 0 Å². The molecule has 2 aromatic heterocycles. The zero-order chi connectivity index (χ0) is 21.7. The van der Waals surface area contributed by atoms with Crippen molar-refractivity contribution in [2.45, 2.75) is 46.6 Å². The van der Waals surface area contributed by atoms with Gasteiger partial charge in [-0.05, 0) is 60.3 Å². The fourth-order valence-electron chi connectivity index (χ4n) is 2.96. The Morgan fingerprint density at radius 1 is 1.07 bits per heavy atom. The molecular formula is C21H28BrN5O3. The van der Waals surface area contributed by atoms with Crippen LogP contribution in [0.2, 0.25) is 0 Å². The molecule has 0 N–H and O–H groups in total. The first-order valence-electron chi connectivity index (χ1n) is 10.2. The minimum Gasteiger partial charge on any atom is -0.468 e. The third kappa shape index (κ3) is 5.14. The number of hydrogen-bond donors (Lipinski definition) is 0. The number of hydrogen-bond acceptors (Lipinski definition) is 7. The summed E-state index contributed by atoms with van der Waals surface area (Å²) >= 11 is 3.66. The molecule has 9 heteroatoms. The number of benzene rings is 1. The van der Waals surface area contributed by atoms with Crippen molar-refractivity contribution >= 4 is 27.1 Å². The lowest BCUT2D eigenvalue weighted by Gasteiger charge is -2.18. The first kappa shape index (κ1) is 22.6. The second kappa shape index (κ2) is 10.3. The molecule has 0 saturated carbocycles. The average molecular weight is 478 g/mol. The Morgan fingerprint density at radius 3 is 2.37 bits per heavy atom. The molecule has 1 aromatic carbocycles. The SMILES string of the molecule is CCOCC(COCC)Oc1nc(C)nc2c1nnn2-c1ccc(C(C)C)cc1Br. The van der Waals surface area contributed by atoms with E-state index in [-0.39, 0.29) is 6.10 Å². The zero-order valence-corrected chi connectivity index (χ0v) is 19.6. The topological polar surface area (TPSA) is 84.2 Å². The van der Waals surface area contributed by atoms with E-state index in [0.29, 0.717) is 55.2 Å². The van der Waals surface area contributed by atoms with Crippen LogP contribution in [0.4, 0.5) is 0 Å². The molecule has 0 aliphatic rings. The Balaban J connectivity index is 1.98. The quantitative estimate of drug-likeness (QED) is 0.431. The third-order valence-corrected chi connectivity index (χ3v) is 5.18. The highest BCUT2D eigenvalue weighted by atomic mass is 79.9. The van der Waals surface area contributed by atoms with Crippen LogP contribution in [0.1, 0.15) is 45.0 Å². The summed E-state index contributed by atoms with van der Waals surface area (Å²) in [5.41, 5.74) is 3.17. The Kier molecular flexibility index (Phi) is 7.74. The Labute approximate surface area is 185 Å². The summed E-state index contributed by atoms with van der Waals surface area (Å²) in [6.07, 6.45) is -0.301. The molecular weight excluding hydrogens is 450 g/mol. The van der Waals surface area contributed by atoms with Gasteiger partial charge in [0.15, 0.2) is 11.2 Å². The Bertz CT molecular complexity index is 984. The molecule has 0 bridgehead atoms. The van der Waals surface area contributed by atoms with Gasteiger partial charge < -0.3 is 14.2 Å². The molecule has 162 valence electrons. The molecule has 3 aromatic rings. The van der Waals surface area contributed by atoms with Gasteiger partial charge in [-0.15, -0.1) is 5.10 Å². The van der Waals surface area contributed by atoms with Crippen LogP contribution in [0.15, 0.2) is 22.7 Å². The summed E-state index contributed by atoms with van der Waals surface area (Å²) in [5.74, 6) is 1.38. The highest BCUT2D eigenvalue weighted by Crippen LogP contribution is 2.29. The van der Waals surface area contributed by atoms with Gasteiger partial charge in [0, 0.05) is 17.7 Å². The number of halogens is 1. The van der Waals surface area contributed by atoms with E-state index in [1.165, 1.54) is 5.56 Å². The number of aromatic nitrogens is 5. The third-order valence-electron chi connectivity index (χ3n) is 4.54. The number of aryl methyl sites for hydroxylation is 1. The minimum absolute atomic E-state index is 0.301. The zero-order valence-electron chi connectivity index (χ0n) is 18.1. The Morgan fingerprint density at radius 2 is 1.77 bits per heavy atom. The van der Waals surface area contributed by atoms with E-state index in [9.17, 15) is 0 Å². The van der Waals surface area contributed by atoms with Crippen molar-refractivity contribution in [3.8, 4) is 11.6 Å². The van der Waals surface area contributed by atoms with E-state index in [0.717, 1.165) is 10.2 Å². The van der Waals surface area contributed by atoms with Crippen LogP contribution in [0.25, 0.3) is 16.9 Å². The van der Waals surface area contributed by atoms with E-state index < -0.39 is 0 Å². The highest BCUT2D eigenvalue weighted by Gasteiger charge is 2.21. The molecule has 0 atom stereocenters. The van der Waals surface area contributed by atoms with E-state index in [1.807, 2.05) is 26.8 Å². The van der Waals surface area contributed by atoms with Gasteiger partial charge in [-0.2, -0.15) is 9.67 Å². The Hall–Kier alpha value is -2.10. The smallest absolute Gasteiger partial charge is 0.248 e. The number of rotatable bonds is 10. The molecule has 0 aliphatic heterocycles. The lowest BCUT2D eigenvalue weighted by atomic mass is 10.0. The second-order valence-electron chi connectivity index (χ2n) is 7.17. The summed E-state index contributed by atoms with van der Waals surface area (Å²) in [7, 11) is 0. The van der Waals surface area contributed by atoms with Crippen molar-refractivity contribution in [2.75, 3.05) is 26.4 Å². The summed E-state index contributed by atoms with van der Waals surface area (Å²) in [5, 5.41) is 8.63. The first-order valence-corrected chi connectivity index (χ1v) is 11.0. The van der Waals surface area contributed by atoms with Gasteiger partial charge in [0.1, 0.15) is 11.9 Å². The van der Waals surface area contributed by atoms with Gasteiger partial charge in [-0.25, -0.2) is 4.98 Å². The number of nitrogens with zero attached hydrogens (tertiary/aromatic N) is 5. The van der Waals surface area contributed by atoms with E-state index in [4.69, 9.17) is 14.2 Å². The largest absolute Gasteiger partial charge is 0.468 e. The molecule has 0 radical (unpaired) electrons. The van der Waals surface area contributed by atoms with E-state index in [1.54, 1.807) is 4.68 Å². The van der Waals surface area contributed by atoms with Crippen molar-refractivity contribution in [1.29, 1.82) is 0 Å². The van der Waals surface area contributed by atoms with Gasteiger partial charge in [0.2, 0.25) is 5.88 Å². The number of fused-ring (bicyclic) bond motifs is 1. The van der Waals surface area contributed by atoms with Gasteiger partial charge in [0.05, 0.1) is 18.9 Å². The predicted molar refractivity (Wildman–Crippen MR) is 118 cm³/mol. The second-order valence-corrected chi connectivity index (χ2v) is 8.03. The van der Waals surface area contributed by atoms with E-state index >= 15 is 0 Å². The predicted octanol–water partition coefficient (Wildman–Crippen LogP) is 4.23. The monoisotopic (exact) mass is 477 g/mol. The lowest BCUT2D eigenvalue weighted by Crippen LogP contribution is -2.29. The van der Waals surface area contributed by atoms with Gasteiger partial charge >= 0.3 is 0 Å². The maximum atomic E-state index is 6.11. The number of ether oxygens (including phenoxy) is 3. The van der Waals surface area contributed by atoms with Crippen LogP contribution in [0.5, 0.6) is 5.88 Å². The normalized spacial score (nSPS) is 11.7. The van der Waals surface area contributed by atoms with Crippen molar-refractivity contribution in [1.82, 2.24) is 25.0 Å². The molecule has 0 fully saturated rings. The van der Waals surface area contributed by atoms with Crippen LogP contribution in [0, 0.1) is 6.92 Å². The minimum atomic E-state index is -0.301. The van der Waals surface area contributed by atoms with Crippen LogP contribution in [-0.4, -0.2) is 57.5 Å². The lowest BCUT2D eigenvalue weighted by molar-refractivity contribution is -0.00163. The maximum Gasteiger partial charge on any atom is 0.248 e. The van der Waals surface area contributed by atoms with Gasteiger partial charge in [-0.3, -0.25) is 0 Å². The molecule has 2 heterocycles. The molecule has 3 rings (SSSR count). The maximum absolute atomic E-state index is 6.11. The highest BCUT2D eigenvalue weighted by molar-refractivity contribution is 9.10. The van der Waals surface area contributed by atoms with E-state index in [2.05, 4.69) is 62.2 Å². The van der Waals surface area contributed by atoms with Crippen molar-refractivity contribution in [3.63, 3.8) is 0 Å². The first-order chi connectivity index (χ1) is 14.4. The van der Waals surface area contributed by atoms with Crippen LogP contribution >= 0.6 is 15.9 Å². The molecule has 30 heavy (non-hydrogen) atoms. The molecule has 0 saturated heterocycles. The fraction of sp³-hybridized carbons (Fsp3) is 0.524. The van der Waals surface area contributed by atoms with Crippen molar-refractivity contribution < 1.29 is 14.2 Å². The summed E-state index contributed by atoms with van der Waals surface area (Å²) in [6.45, 7) is 12.0. The van der Waals surface area contributed by atoms with Gasteiger partial charge in [-0.1, -0.05) is 25.1 Å². The molecule has 0 amide bonds. The summed E-state index contributed by atoms with van der Waals surface area (Å²) in [6, 6.07) is 6.20. The van der Waals surface area contributed by atoms with Crippen LogP contribution < -0.4 is 4.74 Å². The summed E-state index contributed by atoms with van der Waals surface area (Å²) < 4.78 is 19.8. The molecule has 0 aliphatic carbocycles. The molecule has 0 unspecified atom stereocenters. The molecule has 0 spiro atoms. The van der Waals surface area contributed by atoms with Crippen LogP contribution in [-0.2, 0) is 9.47 Å². The van der Waals surface area contributed by atoms with Crippen molar-refractivity contribution in [3.05, 3.63) is 34.1 Å².